The molecule has 0 spiro atoms. The Morgan fingerprint density at radius 2 is 2.11 bits per heavy atom. The van der Waals surface area contributed by atoms with Crippen LogP contribution >= 0.6 is 15.9 Å². The molecule has 0 fully saturated rings. The third-order valence-corrected chi connectivity index (χ3v) is 2.76. The zero-order valence-corrected chi connectivity index (χ0v) is 12.4. The van der Waals surface area contributed by atoms with Crippen LogP contribution in [-0.4, -0.2) is 37.9 Å². The minimum Gasteiger partial charge on any atom is -0.491 e. The highest BCUT2D eigenvalue weighted by atomic mass is 79.9. The summed E-state index contributed by atoms with van der Waals surface area (Å²) in [6, 6.07) is 1.91. The number of nitrogens with zero attached hydrogens (tertiary/aromatic N) is 1. The molecule has 0 unspecified atom stereocenters. The maximum atomic E-state index is 5.55. The second-order valence-electron chi connectivity index (χ2n) is 3.84. The molecule has 0 atom stereocenters. The minimum atomic E-state index is 0.656. The van der Waals surface area contributed by atoms with Gasteiger partial charge in [0.25, 0.3) is 0 Å². The molecule has 0 radical (unpaired) electrons. The molecule has 102 valence electrons. The van der Waals surface area contributed by atoms with Gasteiger partial charge in [-0.15, -0.1) is 0 Å². The van der Waals surface area contributed by atoms with Crippen LogP contribution in [0.3, 0.4) is 0 Å². The van der Waals surface area contributed by atoms with E-state index in [-0.39, 0.29) is 0 Å². The van der Waals surface area contributed by atoms with Crippen molar-refractivity contribution >= 4 is 15.9 Å². The van der Waals surface area contributed by atoms with Crippen molar-refractivity contribution in [2.45, 2.75) is 19.8 Å². The van der Waals surface area contributed by atoms with Gasteiger partial charge in [-0.05, 0) is 48.3 Å². The van der Waals surface area contributed by atoms with Crippen LogP contribution in [0.15, 0.2) is 22.9 Å². The number of ether oxygens (including phenoxy) is 2. The minimum absolute atomic E-state index is 0.656. The summed E-state index contributed by atoms with van der Waals surface area (Å²) in [5.41, 5.74) is 0. The number of aromatic nitrogens is 1. The van der Waals surface area contributed by atoms with Crippen molar-refractivity contribution in [1.82, 2.24) is 10.3 Å². The van der Waals surface area contributed by atoms with E-state index in [1.165, 1.54) is 0 Å². The fraction of sp³-hybridized carbons (Fsp3) is 0.615. The average molecular weight is 317 g/mol. The lowest BCUT2D eigenvalue weighted by Gasteiger charge is -2.07. The summed E-state index contributed by atoms with van der Waals surface area (Å²) >= 11 is 3.36. The number of nitrogens with one attached hydrogen (secondary N) is 1. The third kappa shape index (κ3) is 7.63. The monoisotopic (exact) mass is 316 g/mol. The Morgan fingerprint density at radius 1 is 1.22 bits per heavy atom. The Balaban J connectivity index is 1.92. The van der Waals surface area contributed by atoms with Gasteiger partial charge in [0.05, 0.1) is 6.20 Å². The molecule has 1 aromatic heterocycles. The first-order valence-corrected chi connectivity index (χ1v) is 7.14. The van der Waals surface area contributed by atoms with Gasteiger partial charge in [0, 0.05) is 30.4 Å². The van der Waals surface area contributed by atoms with Gasteiger partial charge in [-0.3, -0.25) is 4.98 Å². The van der Waals surface area contributed by atoms with Crippen LogP contribution in [0, 0.1) is 0 Å². The Bertz CT molecular complexity index is 324. The number of hydrogen-bond acceptors (Lipinski definition) is 4. The lowest BCUT2D eigenvalue weighted by Crippen LogP contribution is -2.22. The molecule has 0 aliphatic heterocycles. The van der Waals surface area contributed by atoms with Crippen LogP contribution in [0.4, 0.5) is 0 Å². The standard InChI is InChI=1S/C13H21BrN2O2/c1-2-17-7-4-3-5-15-6-8-18-13-9-12(14)10-16-11-13/h9-11,15H,2-8H2,1H3. The van der Waals surface area contributed by atoms with Crippen LogP contribution in [0.5, 0.6) is 5.75 Å². The van der Waals surface area contributed by atoms with Crippen LogP contribution in [0.25, 0.3) is 0 Å². The highest BCUT2D eigenvalue weighted by Gasteiger charge is 1.95. The lowest BCUT2D eigenvalue weighted by molar-refractivity contribution is 0.143. The summed E-state index contributed by atoms with van der Waals surface area (Å²) in [6.45, 7) is 6.20. The summed E-state index contributed by atoms with van der Waals surface area (Å²) in [6.07, 6.45) is 5.70. The zero-order chi connectivity index (χ0) is 13.1. The highest BCUT2D eigenvalue weighted by Crippen LogP contribution is 2.15. The van der Waals surface area contributed by atoms with Gasteiger partial charge in [0.2, 0.25) is 0 Å². The molecule has 0 saturated carbocycles. The van der Waals surface area contributed by atoms with Crippen molar-refractivity contribution < 1.29 is 9.47 Å². The summed E-state index contributed by atoms with van der Waals surface area (Å²) in [4.78, 5) is 4.03. The molecule has 1 heterocycles. The van der Waals surface area contributed by atoms with Gasteiger partial charge in [0.15, 0.2) is 0 Å². The van der Waals surface area contributed by atoms with Gasteiger partial charge >= 0.3 is 0 Å². The van der Waals surface area contributed by atoms with Gasteiger partial charge in [-0.1, -0.05) is 0 Å². The van der Waals surface area contributed by atoms with Crippen molar-refractivity contribution in [3.63, 3.8) is 0 Å². The molecule has 0 amide bonds. The highest BCUT2D eigenvalue weighted by molar-refractivity contribution is 9.10. The first-order chi connectivity index (χ1) is 8.83. The predicted molar refractivity (Wildman–Crippen MR) is 76.0 cm³/mol. The van der Waals surface area contributed by atoms with E-state index in [0.717, 1.165) is 49.4 Å². The molecule has 0 bridgehead atoms. The largest absolute Gasteiger partial charge is 0.491 e. The normalized spacial score (nSPS) is 10.6. The van der Waals surface area contributed by atoms with E-state index in [2.05, 4.69) is 26.2 Å². The van der Waals surface area contributed by atoms with E-state index in [1.54, 1.807) is 12.4 Å². The molecular formula is C13H21BrN2O2. The van der Waals surface area contributed by atoms with Crippen molar-refractivity contribution in [2.75, 3.05) is 32.9 Å². The van der Waals surface area contributed by atoms with Crippen molar-refractivity contribution in [3.8, 4) is 5.75 Å². The molecule has 5 heteroatoms. The van der Waals surface area contributed by atoms with Crippen LogP contribution in [0.1, 0.15) is 19.8 Å². The molecule has 1 aromatic rings. The second-order valence-corrected chi connectivity index (χ2v) is 4.76. The first-order valence-electron chi connectivity index (χ1n) is 6.34. The van der Waals surface area contributed by atoms with Crippen LogP contribution in [-0.2, 0) is 4.74 Å². The Hall–Kier alpha value is -0.650. The Labute approximate surface area is 117 Å². The van der Waals surface area contributed by atoms with E-state index < -0.39 is 0 Å². The SMILES string of the molecule is CCOCCCCNCCOc1cncc(Br)c1. The molecule has 18 heavy (non-hydrogen) atoms. The summed E-state index contributed by atoms with van der Waals surface area (Å²) in [5, 5.41) is 3.33. The fourth-order valence-corrected chi connectivity index (χ4v) is 1.78. The lowest BCUT2D eigenvalue weighted by atomic mass is 10.3. The Kier molecular flexibility index (Phi) is 8.81. The zero-order valence-electron chi connectivity index (χ0n) is 10.8. The predicted octanol–water partition coefficient (Wildman–Crippen LogP) is 2.63. The van der Waals surface area contributed by atoms with Crippen LogP contribution in [0.2, 0.25) is 0 Å². The number of hydrogen-bond donors (Lipinski definition) is 1. The van der Waals surface area contributed by atoms with E-state index in [9.17, 15) is 0 Å². The summed E-state index contributed by atoms with van der Waals surface area (Å²) in [5.74, 6) is 0.794. The third-order valence-electron chi connectivity index (χ3n) is 2.32. The van der Waals surface area contributed by atoms with Crippen molar-refractivity contribution in [3.05, 3.63) is 22.9 Å². The Morgan fingerprint density at radius 3 is 2.89 bits per heavy atom. The number of rotatable bonds is 10. The van der Waals surface area contributed by atoms with E-state index in [0.29, 0.717) is 6.61 Å². The summed E-state index contributed by atoms with van der Waals surface area (Å²) < 4.78 is 11.8. The topological polar surface area (TPSA) is 43.4 Å². The quantitative estimate of drug-likeness (QED) is 0.674. The number of pyridine rings is 1. The van der Waals surface area contributed by atoms with E-state index in [4.69, 9.17) is 9.47 Å². The van der Waals surface area contributed by atoms with E-state index >= 15 is 0 Å². The molecule has 0 aliphatic rings. The molecule has 0 aliphatic carbocycles. The first kappa shape index (κ1) is 15.4. The molecule has 0 saturated heterocycles. The molecular weight excluding hydrogens is 296 g/mol. The van der Waals surface area contributed by atoms with Gasteiger partial charge in [0.1, 0.15) is 12.4 Å². The molecule has 1 rings (SSSR count). The average Bonchev–Trinajstić information content (AvgIpc) is 2.37. The molecule has 0 aromatic carbocycles. The van der Waals surface area contributed by atoms with Gasteiger partial charge in [-0.25, -0.2) is 0 Å². The number of unbranched alkanes of at least 4 members (excludes halogenated alkanes) is 1. The summed E-state index contributed by atoms with van der Waals surface area (Å²) in [7, 11) is 0. The number of halogens is 1. The van der Waals surface area contributed by atoms with Crippen LogP contribution < -0.4 is 10.1 Å². The maximum Gasteiger partial charge on any atom is 0.138 e. The van der Waals surface area contributed by atoms with Crippen molar-refractivity contribution in [1.29, 1.82) is 0 Å². The smallest absolute Gasteiger partial charge is 0.138 e. The van der Waals surface area contributed by atoms with Gasteiger partial charge < -0.3 is 14.8 Å². The van der Waals surface area contributed by atoms with Crippen molar-refractivity contribution in [2.24, 2.45) is 0 Å². The molecule has 1 N–H and O–H groups in total. The maximum absolute atomic E-state index is 5.55. The van der Waals surface area contributed by atoms with Gasteiger partial charge in [-0.2, -0.15) is 0 Å². The molecule has 4 nitrogen and oxygen atoms in total. The van der Waals surface area contributed by atoms with E-state index in [1.807, 2.05) is 13.0 Å². The fourth-order valence-electron chi connectivity index (χ4n) is 1.44. The second kappa shape index (κ2) is 10.3.